The van der Waals surface area contributed by atoms with Gasteiger partial charge in [-0.15, -0.1) is 0 Å². The minimum atomic E-state index is -0.394. The molecule has 7 heteroatoms. The third-order valence-corrected chi connectivity index (χ3v) is 4.42. The first-order valence-electron chi connectivity index (χ1n) is 7.69. The fourth-order valence-corrected chi connectivity index (χ4v) is 3.04. The van der Waals surface area contributed by atoms with Crippen LogP contribution >= 0.6 is 11.3 Å². The van der Waals surface area contributed by atoms with E-state index in [1.807, 2.05) is 0 Å². The first-order chi connectivity index (χ1) is 11.5. The van der Waals surface area contributed by atoms with E-state index in [0.29, 0.717) is 35.5 Å². The van der Waals surface area contributed by atoms with Crippen LogP contribution in [0, 0.1) is 6.92 Å². The standard InChI is InChI=1S/C17H23N3O3S/c1-11(13-5-6-24-10-13)8-19-17(18-3)20-9-14-7-15(12(2)23-14)16(21)22-4/h5-7,10-11H,8-9H2,1-4H3,(H2,18,19,20). The third-order valence-electron chi connectivity index (χ3n) is 3.72. The van der Waals surface area contributed by atoms with Crippen LogP contribution in [0.15, 0.2) is 32.3 Å². The molecule has 0 aliphatic heterocycles. The molecule has 2 N–H and O–H groups in total. The van der Waals surface area contributed by atoms with Gasteiger partial charge in [0, 0.05) is 13.6 Å². The van der Waals surface area contributed by atoms with Gasteiger partial charge in [-0.3, -0.25) is 4.99 Å². The topological polar surface area (TPSA) is 75.9 Å². The van der Waals surface area contributed by atoms with Gasteiger partial charge in [0.25, 0.3) is 0 Å². The number of methoxy groups -OCH3 is 1. The van der Waals surface area contributed by atoms with Crippen molar-refractivity contribution in [1.29, 1.82) is 0 Å². The lowest BCUT2D eigenvalue weighted by molar-refractivity contribution is 0.0599. The molecule has 0 amide bonds. The summed E-state index contributed by atoms with van der Waals surface area (Å²) in [5.41, 5.74) is 1.76. The molecule has 2 rings (SSSR count). The molecule has 2 heterocycles. The van der Waals surface area contributed by atoms with Crippen LogP contribution in [0.4, 0.5) is 0 Å². The van der Waals surface area contributed by atoms with Crippen LogP contribution < -0.4 is 10.6 Å². The molecule has 0 saturated carbocycles. The number of nitrogens with zero attached hydrogens (tertiary/aromatic N) is 1. The molecule has 0 aromatic carbocycles. The number of carbonyl (C=O) groups is 1. The predicted molar refractivity (Wildman–Crippen MR) is 95.7 cm³/mol. The van der Waals surface area contributed by atoms with E-state index in [2.05, 4.69) is 39.4 Å². The van der Waals surface area contributed by atoms with E-state index in [9.17, 15) is 4.79 Å². The van der Waals surface area contributed by atoms with E-state index < -0.39 is 5.97 Å². The van der Waals surface area contributed by atoms with E-state index in [1.54, 1.807) is 31.4 Å². The Morgan fingerprint density at radius 2 is 2.25 bits per heavy atom. The minimum absolute atomic E-state index is 0.394. The summed E-state index contributed by atoms with van der Waals surface area (Å²) < 4.78 is 10.3. The zero-order valence-electron chi connectivity index (χ0n) is 14.4. The predicted octanol–water partition coefficient (Wildman–Crippen LogP) is 2.90. The van der Waals surface area contributed by atoms with Gasteiger partial charge in [0.05, 0.1) is 13.7 Å². The highest BCUT2D eigenvalue weighted by atomic mass is 32.1. The number of thiophene rings is 1. The third kappa shape index (κ3) is 4.61. The Morgan fingerprint density at radius 3 is 2.88 bits per heavy atom. The lowest BCUT2D eigenvalue weighted by Crippen LogP contribution is -2.38. The summed E-state index contributed by atoms with van der Waals surface area (Å²) in [5, 5.41) is 10.7. The van der Waals surface area contributed by atoms with Crippen LogP contribution in [-0.4, -0.2) is 32.6 Å². The van der Waals surface area contributed by atoms with Crippen molar-refractivity contribution in [3.05, 3.63) is 45.5 Å². The zero-order chi connectivity index (χ0) is 17.5. The fraction of sp³-hybridized carbons (Fsp3) is 0.412. The average Bonchev–Trinajstić information content (AvgIpc) is 3.24. The summed E-state index contributed by atoms with van der Waals surface area (Å²) in [7, 11) is 3.07. The van der Waals surface area contributed by atoms with Crippen molar-refractivity contribution in [3.63, 3.8) is 0 Å². The molecule has 24 heavy (non-hydrogen) atoms. The van der Waals surface area contributed by atoms with Gasteiger partial charge in [-0.25, -0.2) is 4.79 Å². The molecule has 0 aliphatic carbocycles. The number of rotatable bonds is 6. The largest absolute Gasteiger partial charge is 0.465 e. The highest BCUT2D eigenvalue weighted by molar-refractivity contribution is 7.07. The number of hydrogen-bond acceptors (Lipinski definition) is 5. The Balaban J connectivity index is 1.86. The number of guanidine groups is 1. The van der Waals surface area contributed by atoms with E-state index in [-0.39, 0.29) is 0 Å². The summed E-state index contributed by atoms with van der Waals surface area (Å²) in [4.78, 5) is 15.8. The molecule has 0 aliphatic rings. The maximum Gasteiger partial charge on any atom is 0.341 e. The van der Waals surface area contributed by atoms with Gasteiger partial charge in [0.2, 0.25) is 0 Å². The number of hydrogen-bond donors (Lipinski definition) is 2. The Kier molecular flexibility index (Phi) is 6.43. The number of aryl methyl sites for hydroxylation is 1. The van der Waals surface area contributed by atoms with Gasteiger partial charge in [0.1, 0.15) is 17.1 Å². The number of carbonyl (C=O) groups excluding carboxylic acids is 1. The SMILES string of the molecule is CN=C(NCc1cc(C(=O)OC)c(C)o1)NCC(C)c1ccsc1. The van der Waals surface area contributed by atoms with E-state index in [1.165, 1.54) is 12.7 Å². The zero-order valence-corrected chi connectivity index (χ0v) is 15.2. The van der Waals surface area contributed by atoms with Crippen LogP contribution in [-0.2, 0) is 11.3 Å². The van der Waals surface area contributed by atoms with Gasteiger partial charge >= 0.3 is 5.97 Å². The quantitative estimate of drug-likeness (QED) is 0.476. The molecule has 1 unspecified atom stereocenters. The molecule has 0 saturated heterocycles. The van der Waals surface area contributed by atoms with Crippen molar-refractivity contribution in [3.8, 4) is 0 Å². The lowest BCUT2D eigenvalue weighted by atomic mass is 10.1. The number of esters is 1. The average molecular weight is 349 g/mol. The highest BCUT2D eigenvalue weighted by Gasteiger charge is 2.15. The van der Waals surface area contributed by atoms with Crippen molar-refractivity contribution in [2.24, 2.45) is 4.99 Å². The van der Waals surface area contributed by atoms with Crippen molar-refractivity contribution in [2.75, 3.05) is 20.7 Å². The van der Waals surface area contributed by atoms with Gasteiger partial charge < -0.3 is 19.8 Å². The maximum atomic E-state index is 11.6. The van der Waals surface area contributed by atoms with Crippen LogP contribution in [0.3, 0.4) is 0 Å². The summed E-state index contributed by atoms with van der Waals surface area (Å²) in [5.74, 6) is 1.89. The molecular weight excluding hydrogens is 326 g/mol. The Bertz CT molecular complexity index is 692. The summed E-state index contributed by atoms with van der Waals surface area (Å²) in [6, 6.07) is 3.82. The first kappa shape index (κ1) is 18.1. The molecule has 0 spiro atoms. The summed E-state index contributed by atoms with van der Waals surface area (Å²) in [6.45, 7) is 5.12. The lowest BCUT2D eigenvalue weighted by Gasteiger charge is -2.14. The van der Waals surface area contributed by atoms with Crippen LogP contribution in [0.25, 0.3) is 0 Å². The Hall–Kier alpha value is -2.28. The molecule has 0 fully saturated rings. The second kappa shape index (κ2) is 8.54. The summed E-state index contributed by atoms with van der Waals surface area (Å²) >= 11 is 1.70. The molecule has 130 valence electrons. The van der Waals surface area contributed by atoms with Crippen molar-refractivity contribution in [1.82, 2.24) is 10.6 Å². The normalized spacial score (nSPS) is 12.8. The monoisotopic (exact) mass is 349 g/mol. The Morgan fingerprint density at radius 1 is 1.46 bits per heavy atom. The van der Waals surface area contributed by atoms with Crippen molar-refractivity contribution >= 4 is 23.3 Å². The molecule has 2 aromatic heterocycles. The second-order valence-electron chi connectivity index (χ2n) is 5.44. The number of aliphatic imine (C=N–C) groups is 1. The van der Waals surface area contributed by atoms with E-state index >= 15 is 0 Å². The molecule has 0 bridgehead atoms. The van der Waals surface area contributed by atoms with Gasteiger partial charge in [0.15, 0.2) is 5.96 Å². The summed E-state index contributed by atoms with van der Waals surface area (Å²) in [6.07, 6.45) is 0. The highest BCUT2D eigenvalue weighted by Crippen LogP contribution is 2.17. The molecular formula is C17H23N3O3S. The number of furan rings is 1. The minimum Gasteiger partial charge on any atom is -0.465 e. The van der Waals surface area contributed by atoms with Crippen molar-refractivity contribution < 1.29 is 13.9 Å². The smallest absolute Gasteiger partial charge is 0.341 e. The molecule has 6 nitrogen and oxygen atoms in total. The van der Waals surface area contributed by atoms with E-state index in [0.717, 1.165) is 6.54 Å². The second-order valence-corrected chi connectivity index (χ2v) is 6.22. The molecule has 0 radical (unpaired) electrons. The van der Waals surface area contributed by atoms with Crippen LogP contribution in [0.2, 0.25) is 0 Å². The van der Waals surface area contributed by atoms with Gasteiger partial charge in [-0.2, -0.15) is 11.3 Å². The Labute approximate surface area is 145 Å². The number of ether oxygens (including phenoxy) is 1. The van der Waals surface area contributed by atoms with Crippen LogP contribution in [0.5, 0.6) is 0 Å². The van der Waals surface area contributed by atoms with Crippen LogP contribution in [0.1, 0.15) is 40.3 Å². The van der Waals surface area contributed by atoms with Crippen molar-refractivity contribution in [2.45, 2.75) is 26.3 Å². The first-order valence-corrected chi connectivity index (χ1v) is 8.63. The van der Waals surface area contributed by atoms with Gasteiger partial charge in [-0.05, 0) is 41.3 Å². The van der Waals surface area contributed by atoms with E-state index in [4.69, 9.17) is 9.15 Å². The fourth-order valence-electron chi connectivity index (χ4n) is 2.26. The van der Waals surface area contributed by atoms with Gasteiger partial charge in [-0.1, -0.05) is 6.92 Å². The maximum absolute atomic E-state index is 11.6. The molecule has 1 atom stereocenters. The molecule has 2 aromatic rings. The number of nitrogens with one attached hydrogen (secondary N) is 2.